The second kappa shape index (κ2) is 7.13. The first-order chi connectivity index (χ1) is 9.57. The lowest BCUT2D eigenvalue weighted by Crippen LogP contribution is -2.52. The van der Waals surface area contributed by atoms with E-state index in [-0.39, 0.29) is 28.8 Å². The molecule has 0 aromatic carbocycles. The van der Waals surface area contributed by atoms with Gasteiger partial charge in [-0.1, -0.05) is 74.1 Å². The first kappa shape index (κ1) is 18.5. The Kier molecular flexibility index (Phi) is 6.27. The molecule has 0 radical (unpaired) electrons. The van der Waals surface area contributed by atoms with E-state index in [1.54, 1.807) is 0 Å². The first-order valence-corrected chi connectivity index (χ1v) is 8.43. The minimum Gasteiger partial charge on any atom is -0.435 e. The molecule has 0 N–H and O–H groups in total. The van der Waals surface area contributed by atoms with Crippen LogP contribution in [0.4, 0.5) is 0 Å². The number of rotatable bonds is 5. The minimum atomic E-state index is -0.443. The summed E-state index contributed by atoms with van der Waals surface area (Å²) in [5, 5.41) is 0. The van der Waals surface area contributed by atoms with Crippen molar-refractivity contribution in [3.05, 3.63) is 0 Å². The highest BCUT2D eigenvalue weighted by Gasteiger charge is 2.47. The molecule has 3 nitrogen and oxygen atoms in total. The topological polar surface area (TPSA) is 35.5 Å². The predicted molar refractivity (Wildman–Crippen MR) is 85.9 cm³/mol. The SMILES string of the molecule is CCCCCCC1C(=O)OC(C(C)(C)C)OC1C(C)(C)C. The molecule has 21 heavy (non-hydrogen) atoms. The summed E-state index contributed by atoms with van der Waals surface area (Å²) in [4.78, 5) is 12.5. The number of hydrogen-bond donors (Lipinski definition) is 0. The van der Waals surface area contributed by atoms with Crippen LogP contribution in [0.1, 0.15) is 80.6 Å². The standard InChI is InChI=1S/C18H34O3/c1-8-9-10-11-12-13-14(17(2,3)4)20-16(18(5,6)7)21-15(13)19/h13-14,16H,8-12H2,1-7H3. The molecule has 0 amide bonds. The van der Waals surface area contributed by atoms with Crippen LogP contribution in [0.5, 0.6) is 0 Å². The predicted octanol–water partition coefficient (Wildman–Crippen LogP) is 4.93. The summed E-state index contributed by atoms with van der Waals surface area (Å²) in [5.41, 5.74) is -0.245. The Balaban J connectivity index is 2.79. The van der Waals surface area contributed by atoms with Crippen molar-refractivity contribution >= 4 is 5.97 Å². The van der Waals surface area contributed by atoms with Crippen LogP contribution < -0.4 is 0 Å². The molecular formula is C18H34O3. The van der Waals surface area contributed by atoms with Gasteiger partial charge in [0.1, 0.15) is 0 Å². The van der Waals surface area contributed by atoms with Crippen LogP contribution in [0.15, 0.2) is 0 Å². The van der Waals surface area contributed by atoms with Gasteiger partial charge in [0.15, 0.2) is 0 Å². The Morgan fingerprint density at radius 2 is 1.57 bits per heavy atom. The largest absolute Gasteiger partial charge is 0.435 e. The van der Waals surface area contributed by atoms with Gasteiger partial charge in [-0.15, -0.1) is 0 Å². The van der Waals surface area contributed by atoms with Crippen molar-refractivity contribution in [2.75, 3.05) is 0 Å². The zero-order valence-electron chi connectivity index (χ0n) is 15.0. The second-order valence-electron chi connectivity index (χ2n) is 8.51. The van der Waals surface area contributed by atoms with E-state index in [1.807, 2.05) is 20.8 Å². The van der Waals surface area contributed by atoms with Crippen molar-refractivity contribution in [3.8, 4) is 0 Å². The molecule has 1 saturated heterocycles. The van der Waals surface area contributed by atoms with Crippen LogP contribution in [0.3, 0.4) is 0 Å². The molecule has 3 heteroatoms. The summed E-state index contributed by atoms with van der Waals surface area (Å²) >= 11 is 0. The van der Waals surface area contributed by atoms with E-state index in [4.69, 9.17) is 9.47 Å². The Morgan fingerprint density at radius 3 is 2.05 bits per heavy atom. The summed E-state index contributed by atoms with van der Waals surface area (Å²) in [5.74, 6) is -0.196. The summed E-state index contributed by atoms with van der Waals surface area (Å²) in [6, 6.07) is 0. The van der Waals surface area contributed by atoms with Crippen molar-refractivity contribution in [1.82, 2.24) is 0 Å². The lowest BCUT2D eigenvalue weighted by molar-refractivity contribution is -0.273. The van der Waals surface area contributed by atoms with Crippen molar-refractivity contribution in [1.29, 1.82) is 0 Å². The molecule has 0 bridgehead atoms. The molecule has 1 fully saturated rings. The van der Waals surface area contributed by atoms with Crippen LogP contribution in [0.25, 0.3) is 0 Å². The molecule has 1 aliphatic rings. The average molecular weight is 298 g/mol. The van der Waals surface area contributed by atoms with Crippen molar-refractivity contribution in [2.24, 2.45) is 16.7 Å². The van der Waals surface area contributed by atoms with Crippen molar-refractivity contribution in [2.45, 2.75) is 93.0 Å². The summed E-state index contributed by atoms with van der Waals surface area (Å²) in [6.07, 6.45) is 5.06. The van der Waals surface area contributed by atoms with E-state index in [2.05, 4.69) is 27.7 Å². The molecule has 1 aliphatic heterocycles. The minimum absolute atomic E-state index is 0.0572. The number of esters is 1. The lowest BCUT2D eigenvalue weighted by atomic mass is 9.78. The monoisotopic (exact) mass is 298 g/mol. The van der Waals surface area contributed by atoms with Crippen LogP contribution in [-0.4, -0.2) is 18.4 Å². The van der Waals surface area contributed by atoms with Gasteiger partial charge in [-0.2, -0.15) is 0 Å². The molecule has 3 unspecified atom stereocenters. The van der Waals surface area contributed by atoms with Crippen LogP contribution >= 0.6 is 0 Å². The van der Waals surface area contributed by atoms with E-state index in [0.29, 0.717) is 0 Å². The van der Waals surface area contributed by atoms with Gasteiger partial charge in [-0.3, -0.25) is 4.79 Å². The molecule has 0 saturated carbocycles. The molecule has 0 spiro atoms. The number of unbranched alkanes of at least 4 members (excludes halogenated alkanes) is 3. The van der Waals surface area contributed by atoms with Gasteiger partial charge >= 0.3 is 5.97 Å². The van der Waals surface area contributed by atoms with E-state index in [0.717, 1.165) is 12.8 Å². The molecule has 124 valence electrons. The van der Waals surface area contributed by atoms with Gasteiger partial charge < -0.3 is 9.47 Å². The highest BCUT2D eigenvalue weighted by atomic mass is 16.7. The zero-order chi connectivity index (χ0) is 16.3. The smallest absolute Gasteiger partial charge is 0.313 e. The van der Waals surface area contributed by atoms with E-state index in [9.17, 15) is 4.79 Å². The number of ether oxygens (including phenoxy) is 2. The third kappa shape index (κ3) is 5.28. The van der Waals surface area contributed by atoms with Gasteiger partial charge in [0.05, 0.1) is 12.0 Å². The highest BCUT2D eigenvalue weighted by molar-refractivity contribution is 5.74. The maximum Gasteiger partial charge on any atom is 0.313 e. The fourth-order valence-electron chi connectivity index (χ4n) is 2.82. The first-order valence-electron chi connectivity index (χ1n) is 8.43. The van der Waals surface area contributed by atoms with E-state index in [1.165, 1.54) is 19.3 Å². The Hall–Kier alpha value is -0.570. The van der Waals surface area contributed by atoms with Crippen LogP contribution in [-0.2, 0) is 14.3 Å². The molecule has 1 rings (SSSR count). The third-order valence-electron chi connectivity index (χ3n) is 4.09. The maximum atomic E-state index is 12.5. The van der Waals surface area contributed by atoms with Gasteiger partial charge in [0.2, 0.25) is 6.29 Å². The number of cyclic esters (lactones) is 1. The number of carbonyl (C=O) groups excluding carboxylic acids is 1. The van der Waals surface area contributed by atoms with Crippen LogP contribution in [0.2, 0.25) is 0 Å². The Bertz CT molecular complexity index is 335. The quantitative estimate of drug-likeness (QED) is 0.533. The van der Waals surface area contributed by atoms with Crippen molar-refractivity contribution in [3.63, 3.8) is 0 Å². The molecule has 0 aromatic rings. The van der Waals surface area contributed by atoms with Crippen LogP contribution in [0, 0.1) is 16.7 Å². The fourth-order valence-corrected chi connectivity index (χ4v) is 2.82. The van der Waals surface area contributed by atoms with E-state index >= 15 is 0 Å². The second-order valence-corrected chi connectivity index (χ2v) is 8.51. The maximum absolute atomic E-state index is 12.5. The summed E-state index contributed by atoms with van der Waals surface area (Å²) in [7, 11) is 0. The molecule has 1 heterocycles. The third-order valence-corrected chi connectivity index (χ3v) is 4.09. The highest BCUT2D eigenvalue weighted by Crippen LogP contribution is 2.40. The van der Waals surface area contributed by atoms with Crippen molar-refractivity contribution < 1.29 is 14.3 Å². The average Bonchev–Trinajstić information content (AvgIpc) is 2.33. The summed E-state index contributed by atoms with van der Waals surface area (Å²) < 4.78 is 11.8. The van der Waals surface area contributed by atoms with Gasteiger partial charge in [0.25, 0.3) is 0 Å². The Morgan fingerprint density at radius 1 is 0.952 bits per heavy atom. The number of carbonyl (C=O) groups is 1. The van der Waals surface area contributed by atoms with Gasteiger partial charge in [0, 0.05) is 5.41 Å². The lowest BCUT2D eigenvalue weighted by Gasteiger charge is -2.45. The van der Waals surface area contributed by atoms with E-state index < -0.39 is 6.29 Å². The fraction of sp³-hybridized carbons (Fsp3) is 0.944. The Labute approximate surface area is 130 Å². The normalized spacial score (nSPS) is 27.6. The molecular weight excluding hydrogens is 264 g/mol. The van der Waals surface area contributed by atoms with Gasteiger partial charge in [-0.25, -0.2) is 0 Å². The zero-order valence-corrected chi connectivity index (χ0v) is 15.0. The number of hydrogen-bond acceptors (Lipinski definition) is 3. The summed E-state index contributed by atoms with van der Waals surface area (Å²) in [6.45, 7) is 14.8. The molecule has 0 aromatic heterocycles. The molecule has 3 atom stereocenters. The van der Waals surface area contributed by atoms with Gasteiger partial charge in [-0.05, 0) is 11.8 Å². The molecule has 0 aliphatic carbocycles.